The summed E-state index contributed by atoms with van der Waals surface area (Å²) in [6, 6.07) is 7.66. The fourth-order valence-corrected chi connectivity index (χ4v) is 1.68. The molecule has 0 saturated carbocycles. The van der Waals surface area contributed by atoms with Crippen molar-refractivity contribution in [1.29, 1.82) is 0 Å². The maximum atomic E-state index is 11.9. The summed E-state index contributed by atoms with van der Waals surface area (Å²) in [5, 5.41) is 6.38. The van der Waals surface area contributed by atoms with Crippen LogP contribution in [-0.4, -0.2) is 16.0 Å². The molecule has 5 nitrogen and oxygen atoms in total. The summed E-state index contributed by atoms with van der Waals surface area (Å²) in [6.07, 6.45) is 0. The molecule has 0 fully saturated rings. The van der Waals surface area contributed by atoms with Crippen molar-refractivity contribution in [2.45, 2.75) is 26.7 Å². The standard InChI is InChI=1S/C13H15N3O2/c1-8(2)10-6-4-5-7-11(10)15-12(17)13-14-9(3)16-18-13/h4-8H,1-3H3,(H,15,17). The highest BCUT2D eigenvalue weighted by atomic mass is 16.5. The lowest BCUT2D eigenvalue weighted by atomic mass is 10.0. The largest absolute Gasteiger partial charge is 0.329 e. The number of hydrogen-bond donors (Lipinski definition) is 1. The van der Waals surface area contributed by atoms with Gasteiger partial charge in [0.25, 0.3) is 0 Å². The fraction of sp³-hybridized carbons (Fsp3) is 0.308. The van der Waals surface area contributed by atoms with Gasteiger partial charge in [0.2, 0.25) is 0 Å². The maximum absolute atomic E-state index is 11.9. The average Bonchev–Trinajstić information content (AvgIpc) is 2.76. The molecule has 1 N–H and O–H groups in total. The molecule has 0 aliphatic heterocycles. The molecule has 1 aromatic carbocycles. The van der Waals surface area contributed by atoms with Crippen LogP contribution in [0.4, 0.5) is 5.69 Å². The SMILES string of the molecule is Cc1noc(C(=O)Nc2ccccc2C(C)C)n1. The monoisotopic (exact) mass is 245 g/mol. The van der Waals surface area contributed by atoms with Gasteiger partial charge in [0.1, 0.15) is 0 Å². The summed E-state index contributed by atoms with van der Waals surface area (Å²) >= 11 is 0. The molecule has 0 unspecified atom stereocenters. The van der Waals surface area contributed by atoms with Gasteiger partial charge in [-0.25, -0.2) is 0 Å². The molecule has 1 heterocycles. The van der Waals surface area contributed by atoms with Crippen molar-refractivity contribution < 1.29 is 9.32 Å². The summed E-state index contributed by atoms with van der Waals surface area (Å²) < 4.78 is 4.83. The molecule has 0 atom stereocenters. The third-order valence-electron chi connectivity index (χ3n) is 2.55. The van der Waals surface area contributed by atoms with Gasteiger partial charge >= 0.3 is 11.8 Å². The molecule has 0 bridgehead atoms. The average molecular weight is 245 g/mol. The third-order valence-corrected chi connectivity index (χ3v) is 2.55. The van der Waals surface area contributed by atoms with E-state index in [2.05, 4.69) is 29.3 Å². The van der Waals surface area contributed by atoms with Crippen molar-refractivity contribution in [3.05, 3.63) is 41.5 Å². The topological polar surface area (TPSA) is 68.0 Å². The Morgan fingerprint density at radius 3 is 2.67 bits per heavy atom. The number of nitrogens with zero attached hydrogens (tertiary/aromatic N) is 2. The van der Waals surface area contributed by atoms with E-state index in [-0.39, 0.29) is 11.8 Å². The highest BCUT2D eigenvalue weighted by molar-refractivity contribution is 6.01. The minimum absolute atomic E-state index is 0.0222. The van der Waals surface area contributed by atoms with E-state index < -0.39 is 0 Å². The number of benzene rings is 1. The molecule has 94 valence electrons. The van der Waals surface area contributed by atoms with Crippen LogP contribution in [0.5, 0.6) is 0 Å². The lowest BCUT2D eigenvalue weighted by molar-refractivity contribution is 0.0981. The predicted molar refractivity (Wildman–Crippen MR) is 67.5 cm³/mol. The van der Waals surface area contributed by atoms with Crippen molar-refractivity contribution in [2.75, 3.05) is 5.32 Å². The van der Waals surface area contributed by atoms with Gasteiger partial charge in [-0.1, -0.05) is 37.2 Å². The Labute approximate surface area is 105 Å². The van der Waals surface area contributed by atoms with Crippen LogP contribution in [-0.2, 0) is 0 Å². The summed E-state index contributed by atoms with van der Waals surface area (Å²) in [5.74, 6) is 0.359. The van der Waals surface area contributed by atoms with E-state index in [4.69, 9.17) is 4.52 Å². The highest BCUT2D eigenvalue weighted by Gasteiger charge is 2.15. The van der Waals surface area contributed by atoms with Gasteiger partial charge in [-0.15, -0.1) is 0 Å². The van der Waals surface area contributed by atoms with E-state index in [1.807, 2.05) is 24.3 Å². The summed E-state index contributed by atoms with van der Waals surface area (Å²) in [6.45, 7) is 5.81. The molecule has 1 amide bonds. The quantitative estimate of drug-likeness (QED) is 0.902. The minimum atomic E-state index is -0.385. The van der Waals surface area contributed by atoms with Crippen LogP contribution in [0, 0.1) is 6.92 Å². The van der Waals surface area contributed by atoms with E-state index in [1.54, 1.807) is 6.92 Å². The number of carbonyl (C=O) groups is 1. The van der Waals surface area contributed by atoms with Crippen LogP contribution in [0.15, 0.2) is 28.8 Å². The van der Waals surface area contributed by atoms with Gasteiger partial charge in [0.05, 0.1) is 0 Å². The van der Waals surface area contributed by atoms with Gasteiger partial charge in [0, 0.05) is 5.69 Å². The Bertz CT molecular complexity index is 561. The number of aryl methyl sites for hydroxylation is 1. The summed E-state index contributed by atoms with van der Waals surface area (Å²) in [7, 11) is 0. The number of nitrogens with one attached hydrogen (secondary N) is 1. The van der Waals surface area contributed by atoms with Gasteiger partial charge in [0.15, 0.2) is 5.82 Å². The van der Waals surface area contributed by atoms with E-state index in [9.17, 15) is 4.79 Å². The second-order valence-electron chi connectivity index (χ2n) is 4.34. The second-order valence-corrected chi connectivity index (χ2v) is 4.34. The van der Waals surface area contributed by atoms with Crippen molar-refractivity contribution >= 4 is 11.6 Å². The lowest BCUT2D eigenvalue weighted by Gasteiger charge is -2.12. The Kier molecular flexibility index (Phi) is 3.41. The van der Waals surface area contributed by atoms with Crippen LogP contribution in [0.1, 0.15) is 41.8 Å². The van der Waals surface area contributed by atoms with Crippen molar-refractivity contribution in [2.24, 2.45) is 0 Å². The van der Waals surface area contributed by atoms with Gasteiger partial charge in [-0.3, -0.25) is 4.79 Å². The van der Waals surface area contributed by atoms with E-state index in [0.717, 1.165) is 11.3 Å². The Morgan fingerprint density at radius 1 is 1.33 bits per heavy atom. The highest BCUT2D eigenvalue weighted by Crippen LogP contribution is 2.23. The molecule has 5 heteroatoms. The van der Waals surface area contributed by atoms with Gasteiger partial charge in [-0.2, -0.15) is 4.98 Å². The Balaban J connectivity index is 2.22. The number of rotatable bonds is 3. The molecule has 0 saturated heterocycles. The van der Waals surface area contributed by atoms with Crippen LogP contribution < -0.4 is 5.32 Å². The van der Waals surface area contributed by atoms with Crippen LogP contribution in [0.2, 0.25) is 0 Å². The zero-order valence-electron chi connectivity index (χ0n) is 10.6. The van der Waals surface area contributed by atoms with Gasteiger partial charge < -0.3 is 9.84 Å². The lowest BCUT2D eigenvalue weighted by Crippen LogP contribution is -2.14. The molecule has 2 aromatic rings. The fourth-order valence-electron chi connectivity index (χ4n) is 1.68. The Morgan fingerprint density at radius 2 is 2.06 bits per heavy atom. The van der Waals surface area contributed by atoms with E-state index in [1.165, 1.54) is 0 Å². The first-order valence-corrected chi connectivity index (χ1v) is 5.78. The van der Waals surface area contributed by atoms with E-state index in [0.29, 0.717) is 11.7 Å². The summed E-state index contributed by atoms with van der Waals surface area (Å²) in [4.78, 5) is 15.8. The van der Waals surface area contributed by atoms with Crippen LogP contribution >= 0.6 is 0 Å². The first-order chi connectivity index (χ1) is 8.58. The maximum Gasteiger partial charge on any atom is 0.316 e. The molecule has 2 rings (SSSR count). The molecule has 0 aliphatic carbocycles. The zero-order valence-corrected chi connectivity index (χ0v) is 10.6. The van der Waals surface area contributed by atoms with Crippen molar-refractivity contribution in [1.82, 2.24) is 10.1 Å². The minimum Gasteiger partial charge on any atom is -0.329 e. The molecule has 0 aliphatic rings. The zero-order chi connectivity index (χ0) is 13.1. The first kappa shape index (κ1) is 12.3. The third kappa shape index (κ3) is 2.56. The molecular formula is C13H15N3O2. The van der Waals surface area contributed by atoms with Crippen molar-refractivity contribution in [3.63, 3.8) is 0 Å². The molecule has 0 spiro atoms. The molecule has 18 heavy (non-hydrogen) atoms. The number of anilines is 1. The van der Waals surface area contributed by atoms with E-state index >= 15 is 0 Å². The number of aromatic nitrogens is 2. The predicted octanol–water partition coefficient (Wildman–Crippen LogP) is 2.75. The van der Waals surface area contributed by atoms with Crippen molar-refractivity contribution in [3.8, 4) is 0 Å². The number of carbonyl (C=O) groups excluding carboxylic acids is 1. The molecular weight excluding hydrogens is 230 g/mol. The van der Waals surface area contributed by atoms with Gasteiger partial charge in [-0.05, 0) is 24.5 Å². The second kappa shape index (κ2) is 5.00. The van der Waals surface area contributed by atoms with Crippen LogP contribution in [0.3, 0.4) is 0 Å². The van der Waals surface area contributed by atoms with Crippen LogP contribution in [0.25, 0.3) is 0 Å². The first-order valence-electron chi connectivity index (χ1n) is 5.78. The molecule has 1 aromatic heterocycles. The summed E-state index contributed by atoms with van der Waals surface area (Å²) in [5.41, 5.74) is 1.84. The normalized spacial score (nSPS) is 10.7. The number of para-hydroxylation sites is 1. The Hall–Kier alpha value is -2.17. The smallest absolute Gasteiger partial charge is 0.316 e. The number of amides is 1. The number of hydrogen-bond acceptors (Lipinski definition) is 4. The molecule has 0 radical (unpaired) electrons.